The maximum atomic E-state index is 13.6. The molecule has 0 spiro atoms. The summed E-state index contributed by atoms with van der Waals surface area (Å²) in [6, 6.07) is 17.6. The van der Waals surface area contributed by atoms with Gasteiger partial charge in [-0.25, -0.2) is 4.98 Å². The molecule has 5 heteroatoms. The second-order valence-corrected chi connectivity index (χ2v) is 7.48. The Morgan fingerprint density at radius 2 is 1.86 bits per heavy atom. The van der Waals surface area contributed by atoms with Crippen LogP contribution in [0.15, 0.2) is 54.6 Å². The highest BCUT2D eigenvalue weighted by Crippen LogP contribution is 2.29. The number of ether oxygens (including phenoxy) is 2. The maximum Gasteiger partial charge on any atom is 0.255 e. The quantitative estimate of drug-likeness (QED) is 0.656. The Morgan fingerprint density at radius 3 is 2.62 bits per heavy atom. The van der Waals surface area contributed by atoms with Gasteiger partial charge in [-0.1, -0.05) is 30.3 Å². The van der Waals surface area contributed by atoms with Gasteiger partial charge in [-0.05, 0) is 45.0 Å². The molecule has 0 N–H and O–H groups in total. The van der Waals surface area contributed by atoms with Crippen LogP contribution in [0.5, 0.6) is 5.75 Å². The van der Waals surface area contributed by atoms with Crippen LogP contribution >= 0.6 is 0 Å². The molecule has 2 heterocycles. The van der Waals surface area contributed by atoms with Crippen LogP contribution in [0.3, 0.4) is 0 Å². The van der Waals surface area contributed by atoms with Crippen LogP contribution in [0.1, 0.15) is 31.1 Å². The van der Waals surface area contributed by atoms with Crippen molar-refractivity contribution in [2.45, 2.75) is 32.9 Å². The lowest BCUT2D eigenvalue weighted by Crippen LogP contribution is -2.52. The minimum Gasteiger partial charge on any atom is -0.494 e. The maximum absolute atomic E-state index is 13.6. The minimum atomic E-state index is 0.0223. The van der Waals surface area contributed by atoms with Crippen LogP contribution < -0.4 is 4.74 Å². The minimum absolute atomic E-state index is 0.0223. The molecule has 1 amide bonds. The standard InChI is InChI=1S/C24H26N2O3/c1-4-29-19-9-7-8-18(12-19)23-13-21(20-10-5-6-11-22(20)25-23)24(27)26-16(2)14-28-15-17(26)3/h5-13,16-17H,4,14-15H2,1-3H3. The van der Waals surface area contributed by atoms with Crippen molar-refractivity contribution in [1.82, 2.24) is 9.88 Å². The lowest BCUT2D eigenvalue weighted by molar-refractivity contribution is -0.0248. The summed E-state index contributed by atoms with van der Waals surface area (Å²) in [5.41, 5.74) is 3.18. The van der Waals surface area contributed by atoms with Crippen LogP contribution in [-0.4, -0.2) is 47.7 Å². The number of hydrogen-bond acceptors (Lipinski definition) is 4. The Balaban J connectivity index is 1.83. The fraction of sp³-hybridized carbons (Fsp3) is 0.333. The molecule has 3 aromatic rings. The van der Waals surface area contributed by atoms with Gasteiger partial charge in [0.1, 0.15) is 5.75 Å². The first-order chi connectivity index (χ1) is 14.1. The summed E-state index contributed by atoms with van der Waals surface area (Å²) in [7, 11) is 0. The number of pyridine rings is 1. The third-order valence-corrected chi connectivity index (χ3v) is 5.29. The fourth-order valence-corrected chi connectivity index (χ4v) is 3.96. The number of benzene rings is 2. The molecular weight excluding hydrogens is 364 g/mol. The van der Waals surface area contributed by atoms with Gasteiger partial charge in [-0.15, -0.1) is 0 Å². The normalized spacial score (nSPS) is 19.3. The first-order valence-corrected chi connectivity index (χ1v) is 10.1. The molecule has 2 unspecified atom stereocenters. The molecule has 0 saturated carbocycles. The van der Waals surface area contributed by atoms with Crippen LogP contribution in [0, 0.1) is 0 Å². The second-order valence-electron chi connectivity index (χ2n) is 7.48. The molecule has 150 valence electrons. The average molecular weight is 390 g/mol. The number of carbonyl (C=O) groups is 1. The van der Waals surface area contributed by atoms with Gasteiger partial charge >= 0.3 is 0 Å². The van der Waals surface area contributed by atoms with Crippen molar-refractivity contribution in [3.8, 4) is 17.0 Å². The van der Waals surface area contributed by atoms with Crippen LogP contribution in [0.2, 0.25) is 0 Å². The van der Waals surface area contributed by atoms with E-state index < -0.39 is 0 Å². The molecule has 1 aromatic heterocycles. The second kappa shape index (κ2) is 8.21. The van der Waals surface area contributed by atoms with E-state index in [1.54, 1.807) is 0 Å². The number of nitrogens with zero attached hydrogens (tertiary/aromatic N) is 2. The van der Waals surface area contributed by atoms with Crippen LogP contribution in [0.25, 0.3) is 22.2 Å². The zero-order chi connectivity index (χ0) is 20.4. The highest BCUT2D eigenvalue weighted by molar-refractivity contribution is 6.07. The van der Waals surface area contributed by atoms with Crippen molar-refractivity contribution in [1.29, 1.82) is 0 Å². The summed E-state index contributed by atoms with van der Waals surface area (Å²) in [6.07, 6.45) is 0. The molecule has 1 saturated heterocycles. The molecule has 29 heavy (non-hydrogen) atoms. The van der Waals surface area contributed by atoms with E-state index in [2.05, 4.69) is 0 Å². The smallest absolute Gasteiger partial charge is 0.255 e. The van der Waals surface area contributed by atoms with Crippen molar-refractivity contribution in [3.05, 3.63) is 60.2 Å². The van der Waals surface area contributed by atoms with Gasteiger partial charge in [0.2, 0.25) is 0 Å². The molecule has 5 nitrogen and oxygen atoms in total. The predicted octanol–water partition coefficient (Wildman–Crippen LogP) is 4.55. The zero-order valence-corrected chi connectivity index (χ0v) is 17.1. The van der Waals surface area contributed by atoms with E-state index in [1.165, 1.54) is 0 Å². The molecule has 2 aromatic carbocycles. The zero-order valence-electron chi connectivity index (χ0n) is 17.1. The van der Waals surface area contributed by atoms with Gasteiger partial charge < -0.3 is 14.4 Å². The lowest BCUT2D eigenvalue weighted by Gasteiger charge is -2.39. The number of para-hydroxylation sites is 1. The number of carbonyl (C=O) groups excluding carboxylic acids is 1. The Bertz CT molecular complexity index is 1020. The summed E-state index contributed by atoms with van der Waals surface area (Å²) in [6.45, 7) is 7.74. The average Bonchev–Trinajstić information content (AvgIpc) is 2.73. The Labute approximate surface area is 171 Å². The number of aromatic nitrogens is 1. The Morgan fingerprint density at radius 1 is 1.10 bits per heavy atom. The first kappa shape index (κ1) is 19.4. The van der Waals surface area contributed by atoms with Crippen molar-refractivity contribution in [3.63, 3.8) is 0 Å². The van der Waals surface area contributed by atoms with E-state index in [1.807, 2.05) is 80.3 Å². The van der Waals surface area contributed by atoms with E-state index in [-0.39, 0.29) is 18.0 Å². The van der Waals surface area contributed by atoms with Gasteiger partial charge in [-0.3, -0.25) is 4.79 Å². The number of rotatable bonds is 4. The first-order valence-electron chi connectivity index (χ1n) is 10.1. The summed E-state index contributed by atoms with van der Waals surface area (Å²) >= 11 is 0. The highest BCUT2D eigenvalue weighted by Gasteiger charge is 2.31. The SMILES string of the molecule is CCOc1cccc(-c2cc(C(=O)N3C(C)COCC3C)c3ccccc3n2)c1. The number of amides is 1. The third-order valence-electron chi connectivity index (χ3n) is 5.29. The third kappa shape index (κ3) is 3.83. The Hall–Kier alpha value is -2.92. The highest BCUT2D eigenvalue weighted by atomic mass is 16.5. The number of hydrogen-bond donors (Lipinski definition) is 0. The van der Waals surface area contributed by atoms with E-state index in [0.717, 1.165) is 27.9 Å². The molecule has 2 atom stereocenters. The van der Waals surface area contributed by atoms with Crippen molar-refractivity contribution in [2.75, 3.05) is 19.8 Å². The molecule has 0 radical (unpaired) electrons. The molecule has 1 fully saturated rings. The lowest BCUT2D eigenvalue weighted by atomic mass is 10.0. The largest absolute Gasteiger partial charge is 0.494 e. The summed E-state index contributed by atoms with van der Waals surface area (Å²) in [5.74, 6) is 0.817. The molecule has 4 rings (SSSR count). The molecule has 1 aliphatic heterocycles. The molecule has 0 bridgehead atoms. The van der Waals surface area contributed by atoms with Gasteiger partial charge in [0.25, 0.3) is 5.91 Å². The van der Waals surface area contributed by atoms with E-state index in [9.17, 15) is 4.79 Å². The monoisotopic (exact) mass is 390 g/mol. The van der Waals surface area contributed by atoms with Crippen LogP contribution in [0.4, 0.5) is 0 Å². The number of morpholine rings is 1. The van der Waals surface area contributed by atoms with E-state index in [0.29, 0.717) is 25.4 Å². The van der Waals surface area contributed by atoms with Gasteiger partial charge in [0, 0.05) is 10.9 Å². The summed E-state index contributed by atoms with van der Waals surface area (Å²) in [5, 5.41) is 0.869. The van der Waals surface area contributed by atoms with Gasteiger partial charge in [-0.2, -0.15) is 0 Å². The molecule has 0 aliphatic carbocycles. The molecule has 1 aliphatic rings. The predicted molar refractivity (Wildman–Crippen MR) is 114 cm³/mol. The Kier molecular flexibility index (Phi) is 5.49. The number of fused-ring (bicyclic) bond motifs is 1. The van der Waals surface area contributed by atoms with Crippen molar-refractivity contribution in [2.24, 2.45) is 0 Å². The topological polar surface area (TPSA) is 51.7 Å². The van der Waals surface area contributed by atoms with Crippen LogP contribution in [-0.2, 0) is 4.74 Å². The fourth-order valence-electron chi connectivity index (χ4n) is 3.96. The van der Waals surface area contributed by atoms with Crippen molar-refractivity contribution >= 4 is 16.8 Å². The summed E-state index contributed by atoms with van der Waals surface area (Å²) < 4.78 is 11.2. The van der Waals surface area contributed by atoms with E-state index >= 15 is 0 Å². The van der Waals surface area contributed by atoms with Crippen molar-refractivity contribution < 1.29 is 14.3 Å². The van der Waals surface area contributed by atoms with Gasteiger partial charge in [0.15, 0.2) is 0 Å². The van der Waals surface area contributed by atoms with E-state index in [4.69, 9.17) is 14.5 Å². The van der Waals surface area contributed by atoms with Gasteiger partial charge in [0.05, 0.1) is 48.7 Å². The molecular formula is C24H26N2O3. The summed E-state index contributed by atoms with van der Waals surface area (Å²) in [4.78, 5) is 20.4.